The van der Waals surface area contributed by atoms with Crippen molar-refractivity contribution in [2.24, 2.45) is 0 Å². The van der Waals surface area contributed by atoms with Gasteiger partial charge < -0.3 is 9.30 Å². The number of nitrogens with zero attached hydrogens (tertiary/aromatic N) is 2. The summed E-state index contributed by atoms with van der Waals surface area (Å²) in [6.45, 7) is 2.17. The highest BCUT2D eigenvalue weighted by Crippen LogP contribution is 2.30. The highest BCUT2D eigenvalue weighted by Gasteiger charge is 2.17. The second-order valence-corrected chi connectivity index (χ2v) is 5.82. The topological polar surface area (TPSA) is 27.1 Å². The molecule has 1 unspecified atom stereocenters. The first-order valence-corrected chi connectivity index (χ1v) is 7.80. The van der Waals surface area contributed by atoms with Crippen molar-refractivity contribution in [2.75, 3.05) is 7.11 Å². The van der Waals surface area contributed by atoms with Gasteiger partial charge >= 0.3 is 0 Å². The van der Waals surface area contributed by atoms with E-state index in [0.717, 1.165) is 22.6 Å². The van der Waals surface area contributed by atoms with Crippen LogP contribution in [-0.2, 0) is 5.88 Å². The summed E-state index contributed by atoms with van der Waals surface area (Å²) in [5.74, 6) is 2.09. The number of methoxy groups -OCH3 is 1. The van der Waals surface area contributed by atoms with Gasteiger partial charge in [0, 0.05) is 10.9 Å². The van der Waals surface area contributed by atoms with Crippen molar-refractivity contribution in [3.63, 3.8) is 0 Å². The molecule has 0 spiro atoms. The first-order valence-electron chi connectivity index (χ1n) is 6.39. The summed E-state index contributed by atoms with van der Waals surface area (Å²) in [6, 6.07) is 10.4. The van der Waals surface area contributed by atoms with Gasteiger partial charge in [-0.1, -0.05) is 6.07 Å². The summed E-state index contributed by atoms with van der Waals surface area (Å²) in [5, 5.41) is 2.09. The minimum Gasteiger partial charge on any atom is -0.497 e. The third-order valence-corrected chi connectivity index (χ3v) is 4.71. The molecule has 0 aliphatic rings. The number of aromatic nitrogens is 2. The van der Waals surface area contributed by atoms with Crippen molar-refractivity contribution >= 4 is 34.0 Å². The van der Waals surface area contributed by atoms with Crippen LogP contribution in [0.3, 0.4) is 0 Å². The van der Waals surface area contributed by atoms with Gasteiger partial charge in [-0.05, 0) is 30.5 Å². The van der Waals surface area contributed by atoms with Crippen molar-refractivity contribution in [1.29, 1.82) is 0 Å². The number of fused-ring (bicyclic) bond motifs is 1. The van der Waals surface area contributed by atoms with Crippen LogP contribution < -0.4 is 4.74 Å². The van der Waals surface area contributed by atoms with Crippen molar-refractivity contribution in [2.45, 2.75) is 18.8 Å². The van der Waals surface area contributed by atoms with Crippen LogP contribution in [-0.4, -0.2) is 16.7 Å². The molecule has 0 aliphatic heterocycles. The Kier molecular flexibility index (Phi) is 3.68. The van der Waals surface area contributed by atoms with Crippen LogP contribution in [0.25, 0.3) is 11.0 Å². The zero-order chi connectivity index (χ0) is 14.1. The molecule has 2 heterocycles. The summed E-state index contributed by atoms with van der Waals surface area (Å²) < 4.78 is 7.46. The number of thiophene rings is 1. The van der Waals surface area contributed by atoms with Crippen molar-refractivity contribution < 1.29 is 4.74 Å². The van der Waals surface area contributed by atoms with Crippen LogP contribution in [0.5, 0.6) is 5.75 Å². The molecule has 0 fully saturated rings. The normalized spacial score (nSPS) is 12.8. The molecule has 104 valence electrons. The molecular formula is C15H15ClN2OS. The summed E-state index contributed by atoms with van der Waals surface area (Å²) in [6.07, 6.45) is 0. The SMILES string of the molecule is COc1ccc2c(c1)nc(CCl)n2C(C)c1cccs1. The summed E-state index contributed by atoms with van der Waals surface area (Å²) in [4.78, 5) is 5.92. The smallest absolute Gasteiger partial charge is 0.125 e. The van der Waals surface area contributed by atoms with E-state index < -0.39 is 0 Å². The third kappa shape index (κ3) is 2.19. The highest BCUT2D eigenvalue weighted by molar-refractivity contribution is 7.10. The lowest BCUT2D eigenvalue weighted by atomic mass is 10.2. The predicted molar refractivity (Wildman–Crippen MR) is 84.0 cm³/mol. The van der Waals surface area contributed by atoms with Gasteiger partial charge in [-0.25, -0.2) is 4.98 Å². The Morgan fingerprint density at radius 3 is 2.90 bits per heavy atom. The van der Waals surface area contributed by atoms with E-state index in [1.54, 1.807) is 18.4 Å². The molecule has 3 rings (SSSR count). The van der Waals surface area contributed by atoms with E-state index >= 15 is 0 Å². The van der Waals surface area contributed by atoms with Gasteiger partial charge in [0.15, 0.2) is 0 Å². The fourth-order valence-electron chi connectivity index (χ4n) is 2.44. The molecule has 5 heteroatoms. The molecule has 1 aromatic carbocycles. The summed E-state index contributed by atoms with van der Waals surface area (Å²) >= 11 is 7.82. The van der Waals surface area contributed by atoms with Gasteiger partial charge in [-0.2, -0.15) is 0 Å². The minimum atomic E-state index is 0.224. The molecule has 20 heavy (non-hydrogen) atoms. The maximum atomic E-state index is 6.07. The molecule has 1 atom stereocenters. The largest absolute Gasteiger partial charge is 0.497 e. The zero-order valence-electron chi connectivity index (χ0n) is 11.3. The van der Waals surface area contributed by atoms with E-state index in [-0.39, 0.29) is 6.04 Å². The van der Waals surface area contributed by atoms with E-state index in [0.29, 0.717) is 5.88 Å². The first kappa shape index (κ1) is 13.5. The number of halogens is 1. The van der Waals surface area contributed by atoms with Gasteiger partial charge in [0.05, 0.1) is 30.1 Å². The number of benzene rings is 1. The number of hydrogen-bond donors (Lipinski definition) is 0. The number of hydrogen-bond acceptors (Lipinski definition) is 3. The first-order chi connectivity index (χ1) is 9.74. The quantitative estimate of drug-likeness (QED) is 0.666. The fraction of sp³-hybridized carbons (Fsp3) is 0.267. The van der Waals surface area contributed by atoms with E-state index in [4.69, 9.17) is 16.3 Å². The van der Waals surface area contributed by atoms with E-state index in [1.165, 1.54) is 4.88 Å². The fourth-order valence-corrected chi connectivity index (χ4v) is 3.40. The molecule has 2 aromatic heterocycles. The Bertz CT molecular complexity index is 721. The predicted octanol–water partition coefficient (Wildman–Crippen LogP) is 4.45. The molecule has 3 aromatic rings. The number of rotatable bonds is 4. The maximum Gasteiger partial charge on any atom is 0.125 e. The Morgan fingerprint density at radius 2 is 2.25 bits per heavy atom. The lowest BCUT2D eigenvalue weighted by Crippen LogP contribution is -2.08. The maximum absolute atomic E-state index is 6.07. The minimum absolute atomic E-state index is 0.224. The van der Waals surface area contributed by atoms with E-state index in [2.05, 4.69) is 34.0 Å². The lowest BCUT2D eigenvalue weighted by Gasteiger charge is -2.15. The van der Waals surface area contributed by atoms with Crippen LogP contribution in [0.2, 0.25) is 0 Å². The van der Waals surface area contributed by atoms with Crippen LogP contribution in [0.4, 0.5) is 0 Å². The lowest BCUT2D eigenvalue weighted by molar-refractivity contribution is 0.415. The monoisotopic (exact) mass is 306 g/mol. The van der Waals surface area contributed by atoms with Crippen LogP contribution in [0.15, 0.2) is 35.7 Å². The number of ether oxygens (including phenoxy) is 1. The molecule has 0 bridgehead atoms. The Balaban J connectivity index is 2.18. The molecule has 0 aliphatic carbocycles. The standard InChI is InChI=1S/C15H15ClN2OS/c1-10(14-4-3-7-20-14)18-13-6-5-11(19-2)8-12(13)17-15(18)9-16/h3-8,10H,9H2,1-2H3. The summed E-state index contributed by atoms with van der Waals surface area (Å²) in [7, 11) is 1.66. The molecular weight excluding hydrogens is 292 g/mol. The highest BCUT2D eigenvalue weighted by atomic mass is 35.5. The van der Waals surface area contributed by atoms with Crippen molar-refractivity contribution in [3.05, 3.63) is 46.4 Å². The van der Waals surface area contributed by atoms with Gasteiger partial charge in [-0.3, -0.25) is 0 Å². The van der Waals surface area contributed by atoms with Crippen LogP contribution in [0.1, 0.15) is 23.7 Å². The van der Waals surface area contributed by atoms with Gasteiger partial charge in [-0.15, -0.1) is 22.9 Å². The average Bonchev–Trinajstić information content (AvgIpc) is 3.12. The Labute approximate surface area is 126 Å². The Morgan fingerprint density at radius 1 is 1.40 bits per heavy atom. The molecule has 0 N–H and O–H groups in total. The molecule has 0 saturated carbocycles. The molecule has 0 saturated heterocycles. The number of alkyl halides is 1. The molecule has 3 nitrogen and oxygen atoms in total. The van der Waals surface area contributed by atoms with Crippen LogP contribution >= 0.6 is 22.9 Å². The van der Waals surface area contributed by atoms with Crippen molar-refractivity contribution in [1.82, 2.24) is 9.55 Å². The van der Waals surface area contributed by atoms with Gasteiger partial charge in [0.2, 0.25) is 0 Å². The second-order valence-electron chi connectivity index (χ2n) is 4.58. The van der Waals surface area contributed by atoms with Crippen molar-refractivity contribution in [3.8, 4) is 5.75 Å². The summed E-state index contributed by atoms with van der Waals surface area (Å²) in [5.41, 5.74) is 2.01. The van der Waals surface area contributed by atoms with Crippen LogP contribution in [0, 0.1) is 0 Å². The van der Waals surface area contributed by atoms with Gasteiger partial charge in [0.25, 0.3) is 0 Å². The third-order valence-electron chi connectivity index (χ3n) is 3.43. The van der Waals surface area contributed by atoms with E-state index in [1.807, 2.05) is 18.2 Å². The Hall–Kier alpha value is -1.52. The molecule has 0 amide bonds. The average molecular weight is 307 g/mol. The molecule has 0 radical (unpaired) electrons. The second kappa shape index (κ2) is 5.46. The van der Waals surface area contributed by atoms with E-state index in [9.17, 15) is 0 Å². The zero-order valence-corrected chi connectivity index (χ0v) is 12.9. The number of imidazole rings is 1. The van der Waals surface area contributed by atoms with Gasteiger partial charge in [0.1, 0.15) is 11.6 Å².